The molecule has 0 bridgehead atoms. The van der Waals surface area contributed by atoms with E-state index in [1.165, 1.54) is 18.5 Å². The monoisotopic (exact) mass is 442 g/mol. The lowest BCUT2D eigenvalue weighted by Crippen LogP contribution is -2.27. The molecule has 8 heteroatoms. The Kier molecular flexibility index (Phi) is 5.12. The molecule has 5 aromatic rings. The molecule has 0 radical (unpaired) electrons. The summed E-state index contributed by atoms with van der Waals surface area (Å²) in [6.45, 7) is 6.04. The number of nitrogens with one attached hydrogen (secondary N) is 2. The summed E-state index contributed by atoms with van der Waals surface area (Å²) in [6.07, 6.45) is 3.71. The number of imidazole rings is 1. The molecule has 0 amide bonds. The topological polar surface area (TPSA) is 88.5 Å². The third kappa shape index (κ3) is 3.53. The normalized spacial score (nSPS) is 12.4. The van der Waals surface area contributed by atoms with Gasteiger partial charge in [0, 0.05) is 5.69 Å². The molecule has 0 saturated heterocycles. The first-order valence-corrected chi connectivity index (χ1v) is 10.8. The minimum Gasteiger partial charge on any atom is -0.360 e. The van der Waals surface area contributed by atoms with Crippen LogP contribution in [-0.2, 0) is 0 Å². The quantitative estimate of drug-likeness (QED) is 0.401. The summed E-state index contributed by atoms with van der Waals surface area (Å²) in [5.41, 5.74) is 4.59. The predicted molar refractivity (Wildman–Crippen MR) is 127 cm³/mol. The molecule has 1 unspecified atom stereocenters. The number of hydrogen-bond donors (Lipinski definition) is 2. The van der Waals surface area contributed by atoms with Crippen molar-refractivity contribution in [1.29, 1.82) is 0 Å². The van der Waals surface area contributed by atoms with Crippen molar-refractivity contribution >= 4 is 27.8 Å². The van der Waals surface area contributed by atoms with E-state index in [0.29, 0.717) is 34.2 Å². The number of aryl methyl sites for hydroxylation is 1. The van der Waals surface area contributed by atoms with Crippen molar-refractivity contribution < 1.29 is 4.39 Å². The number of aromatic amines is 1. The van der Waals surface area contributed by atoms with E-state index in [4.69, 9.17) is 0 Å². The van der Waals surface area contributed by atoms with Crippen LogP contribution in [-0.4, -0.2) is 24.5 Å². The van der Waals surface area contributed by atoms with Crippen LogP contribution in [0.5, 0.6) is 0 Å². The van der Waals surface area contributed by atoms with E-state index in [0.717, 1.165) is 22.5 Å². The van der Waals surface area contributed by atoms with Gasteiger partial charge in [-0.15, -0.1) is 0 Å². The van der Waals surface area contributed by atoms with E-state index in [1.807, 2.05) is 45.0 Å². The Morgan fingerprint density at radius 3 is 2.79 bits per heavy atom. The summed E-state index contributed by atoms with van der Waals surface area (Å²) < 4.78 is 15.7. The summed E-state index contributed by atoms with van der Waals surface area (Å²) in [5.74, 6) is 0.163. The van der Waals surface area contributed by atoms with Crippen LogP contribution in [0.25, 0.3) is 27.6 Å². The smallest absolute Gasteiger partial charge is 0.263 e. The van der Waals surface area contributed by atoms with Gasteiger partial charge in [-0.2, -0.15) is 0 Å². The summed E-state index contributed by atoms with van der Waals surface area (Å²) in [7, 11) is 0. The van der Waals surface area contributed by atoms with Gasteiger partial charge in [0.15, 0.2) is 11.5 Å². The lowest BCUT2D eigenvalue weighted by Gasteiger charge is -2.24. The van der Waals surface area contributed by atoms with E-state index in [9.17, 15) is 9.18 Å². The molecule has 166 valence electrons. The van der Waals surface area contributed by atoms with Crippen molar-refractivity contribution in [1.82, 2.24) is 24.5 Å². The minimum atomic E-state index is -0.437. The lowest BCUT2D eigenvalue weighted by molar-refractivity contribution is 0.629. The fourth-order valence-corrected chi connectivity index (χ4v) is 4.21. The third-order valence-electron chi connectivity index (χ3n) is 6.13. The highest BCUT2D eigenvalue weighted by Crippen LogP contribution is 2.29. The molecule has 3 aromatic heterocycles. The maximum absolute atomic E-state index is 14.0. The van der Waals surface area contributed by atoms with Crippen molar-refractivity contribution in [3.63, 3.8) is 0 Å². The molecule has 7 nitrogen and oxygen atoms in total. The molecular weight excluding hydrogens is 419 g/mol. The van der Waals surface area contributed by atoms with E-state index < -0.39 is 5.82 Å². The molecule has 2 N–H and O–H groups in total. The van der Waals surface area contributed by atoms with Crippen molar-refractivity contribution in [3.05, 3.63) is 88.1 Å². The number of anilines is 1. The zero-order valence-electron chi connectivity index (χ0n) is 18.6. The summed E-state index contributed by atoms with van der Waals surface area (Å²) >= 11 is 0. The first-order valence-electron chi connectivity index (χ1n) is 10.8. The van der Waals surface area contributed by atoms with Crippen LogP contribution in [0.3, 0.4) is 0 Å². The highest BCUT2D eigenvalue weighted by atomic mass is 19.1. The molecule has 0 fully saturated rings. The van der Waals surface area contributed by atoms with Gasteiger partial charge in [0.2, 0.25) is 0 Å². The Hall–Kier alpha value is -4.07. The van der Waals surface area contributed by atoms with Gasteiger partial charge < -0.3 is 10.3 Å². The van der Waals surface area contributed by atoms with Gasteiger partial charge in [-0.1, -0.05) is 25.1 Å². The predicted octanol–water partition coefficient (Wildman–Crippen LogP) is 4.98. The third-order valence-corrected chi connectivity index (χ3v) is 6.13. The van der Waals surface area contributed by atoms with Crippen LogP contribution in [0.1, 0.15) is 36.2 Å². The number of fused-ring (bicyclic) bond motifs is 2. The standard InChI is InChI=1S/C25H23FN6O/c1-4-19(31-24-22-23(28-12-27-22)29-13-30-24)21-10-16-8-9-17(26)11-18(16)25(33)32(21)20-7-5-6-14(2)15(20)3/h5-13,19H,4H2,1-3H3,(H2,27,28,29,30,31). The Morgan fingerprint density at radius 1 is 1.12 bits per heavy atom. The maximum Gasteiger partial charge on any atom is 0.263 e. The van der Waals surface area contributed by atoms with Crippen LogP contribution < -0.4 is 10.9 Å². The van der Waals surface area contributed by atoms with Gasteiger partial charge in [-0.25, -0.2) is 19.3 Å². The molecule has 0 aliphatic rings. The van der Waals surface area contributed by atoms with Gasteiger partial charge in [0.25, 0.3) is 5.56 Å². The SMILES string of the molecule is CCC(Nc1ncnc2nc[nH]c12)c1cc2ccc(F)cc2c(=O)n1-c1cccc(C)c1C. The van der Waals surface area contributed by atoms with E-state index in [2.05, 4.69) is 25.3 Å². The highest BCUT2D eigenvalue weighted by Gasteiger charge is 2.21. The maximum atomic E-state index is 14.0. The van der Waals surface area contributed by atoms with Crippen molar-refractivity contribution in [2.45, 2.75) is 33.2 Å². The zero-order chi connectivity index (χ0) is 23.1. The molecule has 0 spiro atoms. The molecule has 33 heavy (non-hydrogen) atoms. The van der Waals surface area contributed by atoms with Crippen LogP contribution >= 0.6 is 0 Å². The van der Waals surface area contributed by atoms with Gasteiger partial charge in [0.1, 0.15) is 17.7 Å². The van der Waals surface area contributed by atoms with Crippen LogP contribution in [0.15, 0.2) is 59.9 Å². The number of aromatic nitrogens is 5. The van der Waals surface area contributed by atoms with Crippen LogP contribution in [0, 0.1) is 19.7 Å². The zero-order valence-corrected chi connectivity index (χ0v) is 18.6. The number of halogens is 1. The highest BCUT2D eigenvalue weighted by molar-refractivity contribution is 5.84. The molecule has 0 saturated carbocycles. The van der Waals surface area contributed by atoms with Crippen molar-refractivity contribution in [2.24, 2.45) is 0 Å². The second-order valence-corrected chi connectivity index (χ2v) is 8.09. The second-order valence-electron chi connectivity index (χ2n) is 8.09. The molecule has 5 rings (SSSR count). The summed E-state index contributed by atoms with van der Waals surface area (Å²) in [5, 5.41) is 4.49. The van der Waals surface area contributed by atoms with E-state index in [1.54, 1.807) is 17.0 Å². The lowest BCUT2D eigenvalue weighted by atomic mass is 10.0. The van der Waals surface area contributed by atoms with Crippen molar-refractivity contribution in [3.8, 4) is 5.69 Å². The Bertz CT molecular complexity index is 1550. The van der Waals surface area contributed by atoms with Gasteiger partial charge in [0.05, 0.1) is 23.4 Å². The Balaban J connectivity index is 1.76. The largest absolute Gasteiger partial charge is 0.360 e. The number of benzene rings is 2. The van der Waals surface area contributed by atoms with E-state index >= 15 is 0 Å². The molecule has 2 aromatic carbocycles. The van der Waals surface area contributed by atoms with Gasteiger partial charge >= 0.3 is 0 Å². The molecular formula is C25H23FN6O. The first-order chi connectivity index (χ1) is 16.0. The van der Waals surface area contributed by atoms with E-state index in [-0.39, 0.29) is 11.6 Å². The van der Waals surface area contributed by atoms with Crippen LogP contribution in [0.4, 0.5) is 10.2 Å². The number of nitrogens with zero attached hydrogens (tertiary/aromatic N) is 4. The Labute approximate surface area is 189 Å². The average Bonchev–Trinajstić information content (AvgIpc) is 3.30. The molecule has 0 aliphatic carbocycles. The fourth-order valence-electron chi connectivity index (χ4n) is 4.21. The number of rotatable bonds is 5. The Morgan fingerprint density at radius 2 is 1.97 bits per heavy atom. The van der Waals surface area contributed by atoms with Gasteiger partial charge in [-0.3, -0.25) is 9.36 Å². The first kappa shape index (κ1) is 20.8. The number of pyridine rings is 1. The fraction of sp³-hybridized carbons (Fsp3) is 0.200. The summed E-state index contributed by atoms with van der Waals surface area (Å²) in [4.78, 5) is 29.6. The molecule has 1 atom stereocenters. The molecule has 3 heterocycles. The molecule has 0 aliphatic heterocycles. The number of H-pyrrole nitrogens is 1. The average molecular weight is 442 g/mol. The van der Waals surface area contributed by atoms with Crippen LogP contribution in [0.2, 0.25) is 0 Å². The second kappa shape index (κ2) is 8.12. The minimum absolute atomic E-state index is 0.256. The van der Waals surface area contributed by atoms with Crippen molar-refractivity contribution in [2.75, 3.05) is 5.32 Å². The number of hydrogen-bond acceptors (Lipinski definition) is 5. The van der Waals surface area contributed by atoms with Gasteiger partial charge in [-0.05, 0) is 61.0 Å². The summed E-state index contributed by atoms with van der Waals surface area (Å²) in [6, 6.07) is 11.9.